The molecular weight excluding hydrogens is 264 g/mol. The van der Waals surface area contributed by atoms with Crippen LogP contribution < -0.4 is 0 Å². The third-order valence-electron chi connectivity index (χ3n) is 4.10. The van der Waals surface area contributed by atoms with Crippen molar-refractivity contribution in [1.29, 1.82) is 0 Å². The molecular formula is C17H16N2S. The van der Waals surface area contributed by atoms with Crippen molar-refractivity contribution < 1.29 is 0 Å². The van der Waals surface area contributed by atoms with Crippen molar-refractivity contribution in [2.75, 3.05) is 0 Å². The number of fused-ring (bicyclic) bond motifs is 1. The summed E-state index contributed by atoms with van der Waals surface area (Å²) < 4.78 is 2.36. The lowest BCUT2D eigenvalue weighted by molar-refractivity contribution is 0.458. The Bertz CT molecular complexity index is 712. The van der Waals surface area contributed by atoms with E-state index in [1.54, 1.807) is 0 Å². The van der Waals surface area contributed by atoms with Crippen molar-refractivity contribution >= 4 is 11.3 Å². The molecule has 1 unspecified atom stereocenters. The molecule has 100 valence electrons. The number of benzene rings is 1. The Labute approximate surface area is 122 Å². The molecule has 3 aromatic rings. The molecule has 0 amide bonds. The van der Waals surface area contributed by atoms with Crippen LogP contribution in [0.15, 0.2) is 54.3 Å². The highest BCUT2D eigenvalue weighted by molar-refractivity contribution is 7.13. The zero-order chi connectivity index (χ0) is 13.4. The Morgan fingerprint density at radius 3 is 3.00 bits per heavy atom. The Morgan fingerprint density at radius 2 is 2.10 bits per heavy atom. The average Bonchev–Trinajstić information content (AvgIpc) is 3.18. The SMILES string of the molecule is c1csc(-c2ccccc2C2CCCc3cncn32)c1. The molecule has 2 aromatic heterocycles. The van der Waals surface area contributed by atoms with E-state index in [0.717, 1.165) is 6.42 Å². The predicted molar refractivity (Wildman–Crippen MR) is 83.1 cm³/mol. The first kappa shape index (κ1) is 11.9. The fourth-order valence-corrected chi connectivity index (χ4v) is 3.94. The number of thiophene rings is 1. The summed E-state index contributed by atoms with van der Waals surface area (Å²) in [5, 5.41) is 2.15. The van der Waals surface area contributed by atoms with Crippen molar-refractivity contribution in [2.24, 2.45) is 0 Å². The van der Waals surface area contributed by atoms with Crippen molar-refractivity contribution in [3.8, 4) is 10.4 Å². The number of aromatic nitrogens is 2. The molecule has 2 nitrogen and oxygen atoms in total. The molecule has 0 saturated carbocycles. The minimum atomic E-state index is 0.430. The van der Waals surface area contributed by atoms with Gasteiger partial charge in [-0.05, 0) is 41.8 Å². The minimum Gasteiger partial charge on any atom is -0.327 e. The molecule has 0 spiro atoms. The summed E-state index contributed by atoms with van der Waals surface area (Å²) >= 11 is 1.81. The van der Waals surface area contributed by atoms with Crippen LogP contribution in [0.1, 0.15) is 30.1 Å². The largest absolute Gasteiger partial charge is 0.327 e. The Morgan fingerprint density at radius 1 is 1.15 bits per heavy atom. The molecule has 0 saturated heterocycles. The van der Waals surface area contributed by atoms with Crippen LogP contribution in [-0.4, -0.2) is 9.55 Å². The lowest BCUT2D eigenvalue weighted by Crippen LogP contribution is -2.18. The summed E-state index contributed by atoms with van der Waals surface area (Å²) in [5.74, 6) is 0. The number of nitrogens with zero attached hydrogens (tertiary/aromatic N) is 2. The molecule has 0 fully saturated rings. The van der Waals surface area contributed by atoms with Gasteiger partial charge in [0.15, 0.2) is 0 Å². The van der Waals surface area contributed by atoms with Crippen molar-refractivity contribution in [2.45, 2.75) is 25.3 Å². The van der Waals surface area contributed by atoms with Gasteiger partial charge in [0.2, 0.25) is 0 Å². The average molecular weight is 280 g/mol. The highest BCUT2D eigenvalue weighted by Gasteiger charge is 2.23. The maximum absolute atomic E-state index is 4.34. The first-order valence-corrected chi connectivity index (χ1v) is 7.95. The van der Waals surface area contributed by atoms with E-state index in [9.17, 15) is 0 Å². The van der Waals surface area contributed by atoms with Gasteiger partial charge >= 0.3 is 0 Å². The molecule has 0 aliphatic carbocycles. The first-order valence-electron chi connectivity index (χ1n) is 7.07. The van der Waals surface area contributed by atoms with E-state index < -0.39 is 0 Å². The fraction of sp³-hybridized carbons (Fsp3) is 0.235. The second-order valence-electron chi connectivity index (χ2n) is 5.26. The van der Waals surface area contributed by atoms with Crippen LogP contribution in [0.2, 0.25) is 0 Å². The quantitative estimate of drug-likeness (QED) is 0.674. The molecule has 1 atom stereocenters. The topological polar surface area (TPSA) is 17.8 Å². The van der Waals surface area contributed by atoms with E-state index >= 15 is 0 Å². The maximum Gasteiger partial charge on any atom is 0.0953 e. The summed E-state index contributed by atoms with van der Waals surface area (Å²) in [6.07, 6.45) is 7.60. The van der Waals surface area contributed by atoms with E-state index in [4.69, 9.17) is 0 Å². The number of hydrogen-bond donors (Lipinski definition) is 0. The zero-order valence-electron chi connectivity index (χ0n) is 11.2. The van der Waals surface area contributed by atoms with Gasteiger partial charge < -0.3 is 4.57 Å². The number of imidazole rings is 1. The van der Waals surface area contributed by atoms with Crippen LogP contribution >= 0.6 is 11.3 Å². The smallest absolute Gasteiger partial charge is 0.0953 e. The van der Waals surface area contributed by atoms with Crippen molar-refractivity contribution in [3.05, 3.63) is 65.6 Å². The second-order valence-corrected chi connectivity index (χ2v) is 6.21. The Hall–Kier alpha value is -1.87. The molecule has 1 aromatic carbocycles. The molecule has 1 aliphatic heterocycles. The third kappa shape index (κ3) is 1.90. The molecule has 0 bridgehead atoms. The Balaban J connectivity index is 1.85. The molecule has 0 N–H and O–H groups in total. The maximum atomic E-state index is 4.34. The molecule has 0 radical (unpaired) electrons. The summed E-state index contributed by atoms with van der Waals surface area (Å²) in [6, 6.07) is 13.6. The van der Waals surface area contributed by atoms with Gasteiger partial charge in [-0.3, -0.25) is 0 Å². The number of rotatable bonds is 2. The molecule has 3 heteroatoms. The van der Waals surface area contributed by atoms with Gasteiger partial charge in [0.25, 0.3) is 0 Å². The van der Waals surface area contributed by atoms with Crippen molar-refractivity contribution in [3.63, 3.8) is 0 Å². The van der Waals surface area contributed by atoms with Crippen molar-refractivity contribution in [1.82, 2.24) is 9.55 Å². The van der Waals surface area contributed by atoms with E-state index in [2.05, 4.69) is 51.3 Å². The molecule has 1 aliphatic rings. The van der Waals surface area contributed by atoms with Gasteiger partial charge in [-0.2, -0.15) is 0 Å². The Kier molecular flexibility index (Phi) is 2.92. The molecule has 4 rings (SSSR count). The normalized spacial score (nSPS) is 17.9. The summed E-state index contributed by atoms with van der Waals surface area (Å²) in [5.41, 5.74) is 4.16. The number of hydrogen-bond acceptors (Lipinski definition) is 2. The summed E-state index contributed by atoms with van der Waals surface area (Å²) in [6.45, 7) is 0. The van der Waals surface area contributed by atoms with E-state index in [1.807, 2.05) is 23.9 Å². The standard InChI is InChI=1S/C17H16N2S/c1-2-7-15(17-9-4-10-20-17)14(6-1)16-8-3-5-13-11-18-12-19(13)16/h1-2,4,6-7,9-12,16H,3,5,8H2. The lowest BCUT2D eigenvalue weighted by Gasteiger charge is -2.27. The van der Waals surface area contributed by atoms with E-state index in [1.165, 1.54) is 34.5 Å². The molecule has 3 heterocycles. The monoisotopic (exact) mass is 280 g/mol. The minimum absolute atomic E-state index is 0.430. The van der Waals surface area contributed by atoms with E-state index in [-0.39, 0.29) is 0 Å². The molecule has 20 heavy (non-hydrogen) atoms. The zero-order valence-corrected chi connectivity index (χ0v) is 12.0. The van der Waals surface area contributed by atoms with Crippen LogP contribution in [0.4, 0.5) is 0 Å². The van der Waals surface area contributed by atoms with Crippen LogP contribution in [-0.2, 0) is 6.42 Å². The summed E-state index contributed by atoms with van der Waals surface area (Å²) in [4.78, 5) is 5.69. The third-order valence-corrected chi connectivity index (χ3v) is 5.00. The van der Waals surface area contributed by atoms with Gasteiger partial charge in [0.1, 0.15) is 0 Å². The van der Waals surface area contributed by atoms with Crippen LogP contribution in [0.5, 0.6) is 0 Å². The lowest BCUT2D eigenvalue weighted by atomic mass is 9.92. The predicted octanol–water partition coefficient (Wildman–Crippen LogP) is 4.54. The highest BCUT2D eigenvalue weighted by Crippen LogP contribution is 2.37. The van der Waals surface area contributed by atoms with Crippen LogP contribution in [0.3, 0.4) is 0 Å². The van der Waals surface area contributed by atoms with Gasteiger partial charge in [-0.15, -0.1) is 11.3 Å². The first-order chi connectivity index (χ1) is 9.93. The second kappa shape index (κ2) is 4.91. The van der Waals surface area contributed by atoms with Crippen LogP contribution in [0, 0.1) is 0 Å². The van der Waals surface area contributed by atoms with Gasteiger partial charge in [-0.25, -0.2) is 4.98 Å². The number of aryl methyl sites for hydroxylation is 1. The highest BCUT2D eigenvalue weighted by atomic mass is 32.1. The summed E-state index contributed by atoms with van der Waals surface area (Å²) in [7, 11) is 0. The van der Waals surface area contributed by atoms with Gasteiger partial charge in [0.05, 0.1) is 12.4 Å². The van der Waals surface area contributed by atoms with Crippen LogP contribution in [0.25, 0.3) is 10.4 Å². The van der Waals surface area contributed by atoms with Gasteiger partial charge in [-0.1, -0.05) is 30.3 Å². The fourth-order valence-electron chi connectivity index (χ4n) is 3.17. The van der Waals surface area contributed by atoms with E-state index in [0.29, 0.717) is 6.04 Å². The van der Waals surface area contributed by atoms with Gasteiger partial charge in [0, 0.05) is 16.8 Å².